The minimum Gasteiger partial charge on any atom is -0.318 e. The topological polar surface area (TPSA) is 37.6 Å². The van der Waals surface area contributed by atoms with Gasteiger partial charge in [0, 0.05) is 28.1 Å². The fourth-order valence-electron chi connectivity index (χ4n) is 5.24. The number of nitrogens with zero attached hydrogens (tertiary/aromatic N) is 3. The van der Waals surface area contributed by atoms with Gasteiger partial charge in [0.05, 0.1) is 10.6 Å². The highest BCUT2D eigenvalue weighted by atomic mass is 35.5. The maximum atomic E-state index is 13.8. The second-order valence-corrected chi connectivity index (χ2v) is 10.9. The normalized spacial score (nSPS) is 23.0. The van der Waals surface area contributed by atoms with Gasteiger partial charge in [0.15, 0.2) is 5.17 Å². The van der Waals surface area contributed by atoms with E-state index < -0.39 is 0 Å². The first-order chi connectivity index (χ1) is 16.9. The molecule has 0 radical (unpaired) electrons. The number of para-hydroxylation sites is 1. The molecule has 0 unspecified atom stereocenters. The number of thioether (sulfide) groups is 1. The molecule has 35 heavy (non-hydrogen) atoms. The zero-order valence-electron chi connectivity index (χ0n) is 20.4. The van der Waals surface area contributed by atoms with Crippen LogP contribution < -0.4 is 0 Å². The average Bonchev–Trinajstić information content (AvgIpc) is 3.29. The number of aliphatic imine (C=N–C) groups is 1. The maximum absolute atomic E-state index is 13.8. The molecule has 2 aromatic carbocycles. The highest BCUT2D eigenvalue weighted by Gasteiger charge is 2.41. The monoisotopic (exact) mass is 503 g/mol. The number of rotatable bonds is 4. The zero-order chi connectivity index (χ0) is 24.5. The van der Waals surface area contributed by atoms with Crippen LogP contribution in [0.25, 0.3) is 11.8 Å². The van der Waals surface area contributed by atoms with Crippen LogP contribution in [-0.2, 0) is 4.79 Å². The summed E-state index contributed by atoms with van der Waals surface area (Å²) in [6, 6.07) is 20.1. The molecule has 2 aliphatic rings. The lowest BCUT2D eigenvalue weighted by atomic mass is 9.85. The van der Waals surface area contributed by atoms with Gasteiger partial charge in [-0.25, -0.2) is 4.99 Å². The molecule has 5 rings (SSSR count). The highest BCUT2D eigenvalue weighted by molar-refractivity contribution is 8.18. The van der Waals surface area contributed by atoms with Crippen LogP contribution in [0.15, 0.2) is 70.6 Å². The van der Waals surface area contributed by atoms with Gasteiger partial charge in [0.1, 0.15) is 0 Å². The molecule has 2 heterocycles. The molecule has 1 aromatic heterocycles. The summed E-state index contributed by atoms with van der Waals surface area (Å²) in [4.78, 5) is 21.4. The smallest absolute Gasteiger partial charge is 0.267 e. The molecule has 1 amide bonds. The lowest BCUT2D eigenvalue weighted by Gasteiger charge is -2.35. The predicted octanol–water partition coefficient (Wildman–Crippen LogP) is 7.93. The highest BCUT2D eigenvalue weighted by Crippen LogP contribution is 2.40. The molecule has 0 spiro atoms. The van der Waals surface area contributed by atoms with Gasteiger partial charge in [0.25, 0.3) is 5.91 Å². The lowest BCUT2D eigenvalue weighted by Crippen LogP contribution is -2.44. The van der Waals surface area contributed by atoms with Crippen molar-refractivity contribution in [3.63, 3.8) is 0 Å². The zero-order valence-corrected chi connectivity index (χ0v) is 21.9. The van der Waals surface area contributed by atoms with E-state index >= 15 is 0 Å². The van der Waals surface area contributed by atoms with Gasteiger partial charge in [0.2, 0.25) is 0 Å². The van der Waals surface area contributed by atoms with Gasteiger partial charge in [-0.1, -0.05) is 55.6 Å². The van der Waals surface area contributed by atoms with E-state index in [2.05, 4.69) is 37.5 Å². The first kappa shape index (κ1) is 24.0. The van der Waals surface area contributed by atoms with Crippen LogP contribution in [0, 0.1) is 19.8 Å². The Morgan fingerprint density at radius 2 is 1.80 bits per heavy atom. The Balaban J connectivity index is 1.54. The van der Waals surface area contributed by atoms with Crippen LogP contribution in [0.1, 0.15) is 49.6 Å². The van der Waals surface area contributed by atoms with Gasteiger partial charge in [-0.2, -0.15) is 0 Å². The molecule has 1 aliphatic carbocycles. The molecule has 0 bridgehead atoms. The van der Waals surface area contributed by atoms with E-state index in [0.717, 1.165) is 57.7 Å². The number of amidine groups is 1. The van der Waals surface area contributed by atoms with Crippen LogP contribution >= 0.6 is 23.4 Å². The molecular weight excluding hydrogens is 474 g/mol. The fourth-order valence-corrected chi connectivity index (χ4v) is 6.46. The second-order valence-electron chi connectivity index (χ2n) is 9.49. The van der Waals surface area contributed by atoms with Crippen molar-refractivity contribution in [2.75, 3.05) is 0 Å². The van der Waals surface area contributed by atoms with E-state index in [1.165, 1.54) is 18.2 Å². The Hall–Kier alpha value is -2.76. The largest absolute Gasteiger partial charge is 0.318 e. The molecule has 3 aromatic rings. The SMILES string of the molecule is Cc1cc(/C=C2\SC(=Nc3ccccc3)N([C@@H]3CCCC[C@@H]3C)C2=O)c(C)n1-c1cccc(Cl)c1. The molecule has 4 nitrogen and oxygen atoms in total. The fraction of sp³-hybridized carbons (Fsp3) is 0.310. The molecule has 1 saturated heterocycles. The number of amides is 1. The van der Waals surface area contributed by atoms with Gasteiger partial charge in [-0.05, 0) is 92.4 Å². The minimum atomic E-state index is 0.0657. The number of halogens is 1. The van der Waals surface area contributed by atoms with Crippen LogP contribution in [0.2, 0.25) is 5.02 Å². The molecule has 2 fully saturated rings. The van der Waals surface area contributed by atoms with E-state index in [0.29, 0.717) is 10.9 Å². The summed E-state index contributed by atoms with van der Waals surface area (Å²) >= 11 is 7.75. The van der Waals surface area contributed by atoms with Gasteiger partial charge >= 0.3 is 0 Å². The third-order valence-corrected chi connectivity index (χ3v) is 8.26. The third-order valence-electron chi connectivity index (χ3n) is 7.04. The van der Waals surface area contributed by atoms with Crippen molar-refractivity contribution in [1.82, 2.24) is 9.47 Å². The second kappa shape index (κ2) is 10.1. The molecular formula is C29H30ClN3OS. The number of carbonyl (C=O) groups excluding carboxylic acids is 1. The number of aryl methyl sites for hydroxylation is 1. The van der Waals surface area contributed by atoms with E-state index in [1.54, 1.807) is 0 Å². The first-order valence-electron chi connectivity index (χ1n) is 12.2. The average molecular weight is 504 g/mol. The van der Waals surface area contributed by atoms with Crippen LogP contribution in [-0.4, -0.2) is 26.6 Å². The molecule has 1 aliphatic heterocycles. The van der Waals surface area contributed by atoms with Crippen LogP contribution in [0.5, 0.6) is 0 Å². The summed E-state index contributed by atoms with van der Waals surface area (Å²) in [7, 11) is 0. The number of aromatic nitrogens is 1. The van der Waals surface area contributed by atoms with Crippen molar-refractivity contribution < 1.29 is 4.79 Å². The van der Waals surface area contributed by atoms with Crippen molar-refractivity contribution in [3.05, 3.63) is 87.5 Å². The maximum Gasteiger partial charge on any atom is 0.267 e. The molecule has 2 atom stereocenters. The number of carbonyl (C=O) groups is 1. The summed E-state index contributed by atoms with van der Waals surface area (Å²) in [6.07, 6.45) is 6.60. The minimum absolute atomic E-state index is 0.0657. The Kier molecular flexibility index (Phi) is 6.90. The predicted molar refractivity (Wildman–Crippen MR) is 148 cm³/mol. The van der Waals surface area contributed by atoms with E-state index in [1.807, 2.05) is 59.5 Å². The lowest BCUT2D eigenvalue weighted by molar-refractivity contribution is -0.124. The summed E-state index contributed by atoms with van der Waals surface area (Å²) in [6.45, 7) is 6.43. The van der Waals surface area contributed by atoms with Gasteiger partial charge in [-0.15, -0.1) is 0 Å². The number of hydrogen-bond donors (Lipinski definition) is 0. The Labute approximate surface area is 216 Å². The molecule has 180 valence electrons. The standard InChI is InChI=1S/C29H30ClN3OS/c1-19-10-7-8-15-26(19)33-28(34)27(35-29(33)31-24-12-5-4-6-13-24)17-22-16-20(2)32(21(22)3)25-14-9-11-23(30)18-25/h4-6,9,11-14,16-19,26H,7-8,10,15H2,1-3H3/b27-17-,31-29?/t19-,26+/m0/s1. The molecule has 0 N–H and O–H groups in total. The van der Waals surface area contributed by atoms with Crippen molar-refractivity contribution in [1.29, 1.82) is 0 Å². The first-order valence-corrected chi connectivity index (χ1v) is 13.4. The van der Waals surface area contributed by atoms with E-state index in [-0.39, 0.29) is 11.9 Å². The quantitative estimate of drug-likeness (QED) is 0.339. The third kappa shape index (κ3) is 4.85. The van der Waals surface area contributed by atoms with Crippen molar-refractivity contribution in [2.45, 2.75) is 52.5 Å². The van der Waals surface area contributed by atoms with Crippen molar-refractivity contribution >= 4 is 46.2 Å². The summed E-state index contributed by atoms with van der Waals surface area (Å²) < 4.78 is 2.18. The summed E-state index contributed by atoms with van der Waals surface area (Å²) in [5, 5.41) is 1.49. The van der Waals surface area contributed by atoms with E-state index in [9.17, 15) is 4.79 Å². The Morgan fingerprint density at radius 3 is 2.54 bits per heavy atom. The Bertz CT molecular complexity index is 1310. The molecule has 1 saturated carbocycles. The van der Waals surface area contributed by atoms with Gasteiger partial charge in [-0.3, -0.25) is 9.69 Å². The van der Waals surface area contributed by atoms with Crippen molar-refractivity contribution in [3.8, 4) is 5.69 Å². The summed E-state index contributed by atoms with van der Waals surface area (Å²) in [5.41, 5.74) is 5.11. The van der Waals surface area contributed by atoms with Crippen molar-refractivity contribution in [2.24, 2.45) is 10.9 Å². The van der Waals surface area contributed by atoms with Gasteiger partial charge < -0.3 is 4.57 Å². The summed E-state index contributed by atoms with van der Waals surface area (Å²) in [5.74, 6) is 0.525. The number of hydrogen-bond acceptors (Lipinski definition) is 3. The Morgan fingerprint density at radius 1 is 1.03 bits per heavy atom. The van der Waals surface area contributed by atoms with Crippen LogP contribution in [0.4, 0.5) is 5.69 Å². The van der Waals surface area contributed by atoms with Crippen LogP contribution in [0.3, 0.4) is 0 Å². The molecule has 6 heteroatoms. The number of benzene rings is 2. The van der Waals surface area contributed by atoms with E-state index in [4.69, 9.17) is 16.6 Å².